The number of rotatable bonds is 5. The van der Waals surface area contributed by atoms with Crippen LogP contribution in [0, 0.1) is 17.0 Å². The van der Waals surface area contributed by atoms with E-state index in [4.69, 9.17) is 10.2 Å². The second-order valence-electron chi connectivity index (χ2n) is 4.17. The van der Waals surface area contributed by atoms with Crippen LogP contribution in [0.15, 0.2) is 33.7 Å². The highest BCUT2D eigenvalue weighted by Gasteiger charge is 2.20. The third kappa shape index (κ3) is 3.35. The molecule has 0 saturated carbocycles. The fourth-order valence-electron chi connectivity index (χ4n) is 1.61. The number of non-ortho nitro benzene ring substituents is 1. The van der Waals surface area contributed by atoms with Crippen LogP contribution in [0.2, 0.25) is 0 Å². The number of nitrogens with one attached hydrogen (secondary N) is 1. The molecule has 0 spiro atoms. The van der Waals surface area contributed by atoms with Crippen molar-refractivity contribution in [2.24, 2.45) is 0 Å². The van der Waals surface area contributed by atoms with Crippen molar-refractivity contribution in [2.75, 3.05) is 5.73 Å². The first-order chi connectivity index (χ1) is 9.79. The van der Waals surface area contributed by atoms with E-state index in [2.05, 4.69) is 9.71 Å². The summed E-state index contributed by atoms with van der Waals surface area (Å²) in [6.07, 6.45) is 1.46. The van der Waals surface area contributed by atoms with Gasteiger partial charge in [0, 0.05) is 12.1 Å². The quantitative estimate of drug-likeness (QED) is 0.475. The van der Waals surface area contributed by atoms with Crippen LogP contribution in [0.1, 0.15) is 11.7 Å². The molecule has 1 heterocycles. The van der Waals surface area contributed by atoms with Crippen molar-refractivity contribution in [3.05, 3.63) is 46.2 Å². The number of benzene rings is 1. The van der Waals surface area contributed by atoms with Crippen molar-refractivity contribution in [3.63, 3.8) is 0 Å². The summed E-state index contributed by atoms with van der Waals surface area (Å²) in [5, 5.41) is 10.6. The van der Waals surface area contributed by atoms with Crippen molar-refractivity contribution in [2.45, 2.75) is 18.4 Å². The van der Waals surface area contributed by atoms with Crippen LogP contribution in [-0.4, -0.2) is 18.3 Å². The van der Waals surface area contributed by atoms with Crippen molar-refractivity contribution >= 4 is 21.4 Å². The Bertz CT molecular complexity index is 784. The minimum atomic E-state index is -3.92. The summed E-state index contributed by atoms with van der Waals surface area (Å²) in [6, 6.07) is 3.14. The van der Waals surface area contributed by atoms with E-state index in [1.807, 2.05) is 0 Å². The average Bonchev–Trinajstić information content (AvgIpc) is 2.82. The molecule has 10 heteroatoms. The Morgan fingerprint density at radius 3 is 2.71 bits per heavy atom. The van der Waals surface area contributed by atoms with Gasteiger partial charge in [0.25, 0.3) is 5.69 Å². The molecular formula is C11H12N4O5S. The number of aryl methyl sites for hydroxylation is 1. The standard InChI is InChI=1S/C11H12N4O5S/c1-7-5-13-11(20-7)6-14-21(18,19)10-3-2-8(15(16)17)4-9(10)12/h2-5,14H,6,12H2,1H3. The lowest BCUT2D eigenvalue weighted by Gasteiger charge is -2.07. The number of hydrogen-bond donors (Lipinski definition) is 2. The molecule has 0 aliphatic heterocycles. The van der Waals surface area contributed by atoms with Crippen LogP contribution in [0.25, 0.3) is 0 Å². The predicted molar refractivity (Wildman–Crippen MR) is 72.8 cm³/mol. The van der Waals surface area contributed by atoms with Gasteiger partial charge in [-0.3, -0.25) is 10.1 Å². The maximum atomic E-state index is 12.1. The van der Waals surface area contributed by atoms with Gasteiger partial charge in [-0.15, -0.1) is 0 Å². The predicted octanol–water partition coefficient (Wildman–Crippen LogP) is 0.952. The molecule has 1 aromatic heterocycles. The molecule has 0 atom stereocenters. The summed E-state index contributed by atoms with van der Waals surface area (Å²) in [6.45, 7) is 1.53. The molecule has 9 nitrogen and oxygen atoms in total. The molecule has 0 saturated heterocycles. The van der Waals surface area contributed by atoms with E-state index in [-0.39, 0.29) is 28.7 Å². The summed E-state index contributed by atoms with van der Waals surface area (Å²) in [5.74, 6) is 0.760. The van der Waals surface area contributed by atoms with Gasteiger partial charge in [-0.2, -0.15) is 0 Å². The Morgan fingerprint density at radius 2 is 2.19 bits per heavy atom. The number of aromatic nitrogens is 1. The summed E-state index contributed by atoms with van der Waals surface area (Å²) in [7, 11) is -3.92. The highest BCUT2D eigenvalue weighted by Crippen LogP contribution is 2.23. The highest BCUT2D eigenvalue weighted by atomic mass is 32.2. The van der Waals surface area contributed by atoms with Gasteiger partial charge in [-0.05, 0) is 13.0 Å². The van der Waals surface area contributed by atoms with Gasteiger partial charge < -0.3 is 10.2 Å². The van der Waals surface area contributed by atoms with Crippen LogP contribution in [0.3, 0.4) is 0 Å². The fraction of sp³-hybridized carbons (Fsp3) is 0.182. The van der Waals surface area contributed by atoms with Crippen LogP contribution < -0.4 is 10.5 Å². The number of sulfonamides is 1. The first-order valence-electron chi connectivity index (χ1n) is 5.74. The van der Waals surface area contributed by atoms with Gasteiger partial charge in [0.05, 0.1) is 23.4 Å². The fourth-order valence-corrected chi connectivity index (χ4v) is 2.70. The summed E-state index contributed by atoms with van der Waals surface area (Å²) in [4.78, 5) is 13.6. The van der Waals surface area contributed by atoms with Gasteiger partial charge in [-0.1, -0.05) is 0 Å². The maximum Gasteiger partial charge on any atom is 0.271 e. The van der Waals surface area contributed by atoms with E-state index in [1.54, 1.807) is 6.92 Å². The van der Waals surface area contributed by atoms with Gasteiger partial charge in [0.2, 0.25) is 15.9 Å². The zero-order chi connectivity index (χ0) is 15.6. The van der Waals surface area contributed by atoms with Gasteiger partial charge in [-0.25, -0.2) is 18.1 Å². The van der Waals surface area contributed by atoms with E-state index < -0.39 is 14.9 Å². The van der Waals surface area contributed by atoms with Crippen LogP contribution in [0.5, 0.6) is 0 Å². The Morgan fingerprint density at radius 1 is 1.48 bits per heavy atom. The zero-order valence-electron chi connectivity index (χ0n) is 10.9. The largest absolute Gasteiger partial charge is 0.445 e. The smallest absolute Gasteiger partial charge is 0.271 e. The number of nitro groups is 1. The molecule has 0 fully saturated rings. The second-order valence-corrected chi connectivity index (χ2v) is 5.90. The van der Waals surface area contributed by atoms with Crippen LogP contribution >= 0.6 is 0 Å². The van der Waals surface area contributed by atoms with Crippen molar-refractivity contribution < 1.29 is 17.8 Å². The van der Waals surface area contributed by atoms with Crippen LogP contribution in [0.4, 0.5) is 11.4 Å². The van der Waals surface area contributed by atoms with Gasteiger partial charge in [0.15, 0.2) is 0 Å². The molecule has 21 heavy (non-hydrogen) atoms. The number of oxazole rings is 1. The molecule has 0 amide bonds. The second kappa shape index (κ2) is 5.50. The summed E-state index contributed by atoms with van der Waals surface area (Å²) in [5.41, 5.74) is 5.07. The number of nitrogen functional groups attached to an aromatic ring is 1. The SMILES string of the molecule is Cc1cnc(CNS(=O)(=O)c2ccc([N+](=O)[O-])cc2N)o1. The Balaban J connectivity index is 2.21. The summed E-state index contributed by atoms with van der Waals surface area (Å²) >= 11 is 0. The molecule has 0 aliphatic carbocycles. The molecule has 0 aliphatic rings. The number of anilines is 1. The zero-order valence-corrected chi connectivity index (χ0v) is 11.8. The van der Waals surface area contributed by atoms with Crippen molar-refractivity contribution in [1.29, 1.82) is 0 Å². The van der Waals surface area contributed by atoms with E-state index in [0.717, 1.165) is 18.2 Å². The van der Waals surface area contributed by atoms with Crippen molar-refractivity contribution in [3.8, 4) is 0 Å². The lowest BCUT2D eigenvalue weighted by Crippen LogP contribution is -2.24. The number of nitrogens with two attached hydrogens (primary N) is 1. The van der Waals surface area contributed by atoms with Crippen LogP contribution in [-0.2, 0) is 16.6 Å². The molecule has 3 N–H and O–H groups in total. The number of nitrogens with zero attached hydrogens (tertiary/aromatic N) is 2. The lowest BCUT2D eigenvalue weighted by atomic mass is 10.3. The van der Waals surface area contributed by atoms with E-state index in [9.17, 15) is 18.5 Å². The average molecular weight is 312 g/mol. The molecular weight excluding hydrogens is 300 g/mol. The Hall–Kier alpha value is -2.46. The monoisotopic (exact) mass is 312 g/mol. The third-order valence-corrected chi connectivity index (χ3v) is 4.05. The number of nitro benzene ring substituents is 1. The lowest BCUT2D eigenvalue weighted by molar-refractivity contribution is -0.384. The Labute approximate surface area is 120 Å². The normalized spacial score (nSPS) is 11.5. The van der Waals surface area contributed by atoms with E-state index in [0.29, 0.717) is 5.76 Å². The Kier molecular flexibility index (Phi) is 3.91. The topological polar surface area (TPSA) is 141 Å². The van der Waals surface area contributed by atoms with Gasteiger partial charge in [0.1, 0.15) is 10.7 Å². The molecule has 0 radical (unpaired) electrons. The maximum absolute atomic E-state index is 12.1. The molecule has 2 aromatic rings. The van der Waals surface area contributed by atoms with E-state index >= 15 is 0 Å². The minimum Gasteiger partial charge on any atom is -0.445 e. The van der Waals surface area contributed by atoms with Gasteiger partial charge >= 0.3 is 0 Å². The molecule has 1 aromatic carbocycles. The van der Waals surface area contributed by atoms with Crippen molar-refractivity contribution in [1.82, 2.24) is 9.71 Å². The first-order valence-corrected chi connectivity index (χ1v) is 7.23. The molecule has 0 unspecified atom stereocenters. The molecule has 2 rings (SSSR count). The highest BCUT2D eigenvalue weighted by molar-refractivity contribution is 7.89. The number of hydrogen-bond acceptors (Lipinski definition) is 7. The first kappa shape index (κ1) is 14.9. The molecule has 0 bridgehead atoms. The van der Waals surface area contributed by atoms with E-state index in [1.165, 1.54) is 6.20 Å². The third-order valence-electron chi connectivity index (χ3n) is 2.58. The molecule has 112 valence electrons. The summed E-state index contributed by atoms with van der Waals surface area (Å²) < 4.78 is 31.6. The minimum absolute atomic E-state index is 0.146.